The van der Waals surface area contributed by atoms with E-state index in [1.165, 1.54) is 0 Å². The van der Waals surface area contributed by atoms with Gasteiger partial charge in [0.05, 0.1) is 5.56 Å². The molecule has 0 fully saturated rings. The summed E-state index contributed by atoms with van der Waals surface area (Å²) >= 11 is 0. The van der Waals surface area contributed by atoms with Crippen LogP contribution in [0.25, 0.3) is 5.78 Å². The average molecular weight is 431 g/mol. The lowest BCUT2D eigenvalue weighted by molar-refractivity contribution is -0.144. The van der Waals surface area contributed by atoms with Gasteiger partial charge in [-0.25, -0.2) is 9.50 Å². The van der Waals surface area contributed by atoms with Gasteiger partial charge < -0.3 is 5.32 Å². The number of carbonyl (C=O) groups is 1. The van der Waals surface area contributed by atoms with Gasteiger partial charge in [-0.2, -0.15) is 31.3 Å². The van der Waals surface area contributed by atoms with E-state index in [0.717, 1.165) is 28.8 Å². The molecule has 160 valence electrons. The number of nitrogens with one attached hydrogen (secondary N) is 1. The SMILES string of the molecule is Cc1nc2nc(C(F)(F)F)nn2c(C)c1CCC(=O)Nc1ccc(C(F)(F)F)cc1. The van der Waals surface area contributed by atoms with Crippen LogP contribution in [0, 0.1) is 13.8 Å². The first-order valence-electron chi connectivity index (χ1n) is 8.63. The zero-order valence-corrected chi connectivity index (χ0v) is 15.7. The number of benzene rings is 1. The van der Waals surface area contributed by atoms with Crippen LogP contribution in [0.3, 0.4) is 0 Å². The Labute approximate surface area is 165 Å². The van der Waals surface area contributed by atoms with Gasteiger partial charge in [0, 0.05) is 23.5 Å². The van der Waals surface area contributed by atoms with Crippen molar-refractivity contribution in [2.24, 2.45) is 0 Å². The molecule has 0 atom stereocenters. The van der Waals surface area contributed by atoms with Crippen LogP contribution in [-0.4, -0.2) is 25.5 Å². The smallest absolute Gasteiger partial charge is 0.326 e. The number of amides is 1. The monoisotopic (exact) mass is 431 g/mol. The van der Waals surface area contributed by atoms with E-state index in [-0.39, 0.29) is 24.3 Å². The van der Waals surface area contributed by atoms with Crippen molar-refractivity contribution in [2.75, 3.05) is 5.32 Å². The van der Waals surface area contributed by atoms with Crippen molar-refractivity contribution in [2.45, 2.75) is 39.0 Å². The highest BCUT2D eigenvalue weighted by atomic mass is 19.4. The summed E-state index contributed by atoms with van der Waals surface area (Å²) in [7, 11) is 0. The number of aryl methyl sites for hydroxylation is 2. The summed E-state index contributed by atoms with van der Waals surface area (Å²) in [4.78, 5) is 19.5. The minimum absolute atomic E-state index is 0.0588. The van der Waals surface area contributed by atoms with E-state index in [1.54, 1.807) is 13.8 Å². The normalized spacial score (nSPS) is 12.4. The summed E-state index contributed by atoms with van der Waals surface area (Å²) in [6.07, 6.45) is -9.10. The van der Waals surface area contributed by atoms with Crippen molar-refractivity contribution < 1.29 is 31.1 Å². The predicted octanol–water partition coefficient (Wildman–Crippen LogP) is 4.35. The minimum atomic E-state index is -4.71. The van der Waals surface area contributed by atoms with Gasteiger partial charge in [-0.15, -0.1) is 5.10 Å². The molecule has 1 amide bonds. The first-order chi connectivity index (χ1) is 13.9. The molecule has 12 heteroatoms. The van der Waals surface area contributed by atoms with Crippen LogP contribution in [-0.2, 0) is 23.6 Å². The maximum Gasteiger partial charge on any atom is 0.453 e. The number of carbonyl (C=O) groups excluding carboxylic acids is 1. The van der Waals surface area contributed by atoms with E-state index >= 15 is 0 Å². The van der Waals surface area contributed by atoms with Crippen molar-refractivity contribution in [3.05, 3.63) is 52.6 Å². The molecule has 1 aromatic carbocycles. The van der Waals surface area contributed by atoms with Crippen molar-refractivity contribution in [3.8, 4) is 0 Å². The molecule has 2 aromatic heterocycles. The van der Waals surface area contributed by atoms with E-state index < -0.39 is 29.6 Å². The molecule has 0 aliphatic carbocycles. The van der Waals surface area contributed by atoms with Crippen LogP contribution < -0.4 is 5.32 Å². The number of halogens is 6. The molecule has 0 radical (unpaired) electrons. The molecule has 0 aliphatic heterocycles. The number of rotatable bonds is 4. The van der Waals surface area contributed by atoms with E-state index in [4.69, 9.17) is 0 Å². The van der Waals surface area contributed by atoms with Gasteiger partial charge in [0.1, 0.15) is 0 Å². The highest BCUT2D eigenvalue weighted by Gasteiger charge is 2.37. The van der Waals surface area contributed by atoms with Crippen molar-refractivity contribution in [1.29, 1.82) is 0 Å². The van der Waals surface area contributed by atoms with Crippen LogP contribution >= 0.6 is 0 Å². The average Bonchev–Trinajstić information content (AvgIpc) is 3.06. The second kappa shape index (κ2) is 7.58. The molecule has 0 saturated heterocycles. The van der Waals surface area contributed by atoms with E-state index in [0.29, 0.717) is 17.0 Å². The highest BCUT2D eigenvalue weighted by molar-refractivity contribution is 5.90. The largest absolute Gasteiger partial charge is 0.453 e. The Balaban J connectivity index is 1.72. The number of anilines is 1. The lowest BCUT2D eigenvalue weighted by Gasteiger charge is -2.11. The van der Waals surface area contributed by atoms with Crippen LogP contribution in [0.5, 0.6) is 0 Å². The van der Waals surface area contributed by atoms with Gasteiger partial charge in [-0.1, -0.05) is 0 Å². The standard InChI is InChI=1S/C18H15F6N5O/c1-9-13(10(2)29-16(25-9)27-15(28-29)18(22,23)24)7-8-14(30)26-12-5-3-11(4-6-12)17(19,20)21/h3-6H,7-8H2,1-2H3,(H,26,30). The Bertz CT molecular complexity index is 1090. The summed E-state index contributed by atoms with van der Waals surface area (Å²) in [6.45, 7) is 3.12. The lowest BCUT2D eigenvalue weighted by atomic mass is 10.1. The molecular weight excluding hydrogens is 416 g/mol. The second-order valence-electron chi connectivity index (χ2n) is 6.53. The second-order valence-corrected chi connectivity index (χ2v) is 6.53. The summed E-state index contributed by atoms with van der Waals surface area (Å²) in [5.74, 6) is -1.98. The third-order valence-electron chi connectivity index (χ3n) is 4.40. The summed E-state index contributed by atoms with van der Waals surface area (Å²) in [6, 6.07) is 3.98. The molecule has 6 nitrogen and oxygen atoms in total. The number of nitrogens with zero attached hydrogens (tertiary/aromatic N) is 4. The van der Waals surface area contributed by atoms with Gasteiger partial charge in [-0.05, 0) is 50.1 Å². The van der Waals surface area contributed by atoms with Gasteiger partial charge >= 0.3 is 12.4 Å². The number of hydrogen-bond acceptors (Lipinski definition) is 4. The molecule has 1 N–H and O–H groups in total. The quantitative estimate of drug-likeness (QED) is 0.624. The first-order valence-corrected chi connectivity index (χ1v) is 8.63. The molecule has 0 aliphatic rings. The third kappa shape index (κ3) is 4.52. The Morgan fingerprint density at radius 2 is 1.63 bits per heavy atom. The summed E-state index contributed by atoms with van der Waals surface area (Å²) < 4.78 is 77.2. The fourth-order valence-electron chi connectivity index (χ4n) is 2.89. The third-order valence-corrected chi connectivity index (χ3v) is 4.40. The topological polar surface area (TPSA) is 72.2 Å². The molecule has 30 heavy (non-hydrogen) atoms. The molecule has 3 rings (SSSR count). The summed E-state index contributed by atoms with van der Waals surface area (Å²) in [5.41, 5.74) is 0.660. The van der Waals surface area contributed by atoms with Crippen molar-refractivity contribution in [3.63, 3.8) is 0 Å². The van der Waals surface area contributed by atoms with E-state index in [2.05, 4.69) is 20.4 Å². The molecule has 0 bridgehead atoms. The number of fused-ring (bicyclic) bond motifs is 1. The molecule has 3 aromatic rings. The van der Waals surface area contributed by atoms with Gasteiger partial charge in [0.25, 0.3) is 11.6 Å². The van der Waals surface area contributed by atoms with Gasteiger partial charge in [0.2, 0.25) is 5.91 Å². The van der Waals surface area contributed by atoms with Crippen LogP contribution in [0.4, 0.5) is 32.0 Å². The minimum Gasteiger partial charge on any atom is -0.326 e. The maximum atomic E-state index is 12.8. The fourth-order valence-corrected chi connectivity index (χ4v) is 2.89. The fraction of sp³-hybridized carbons (Fsp3) is 0.333. The van der Waals surface area contributed by atoms with Crippen molar-refractivity contribution in [1.82, 2.24) is 19.6 Å². The molecule has 2 heterocycles. The zero-order valence-electron chi connectivity index (χ0n) is 15.7. The van der Waals surface area contributed by atoms with Gasteiger partial charge in [0.15, 0.2) is 0 Å². The highest BCUT2D eigenvalue weighted by Crippen LogP contribution is 2.30. The Morgan fingerprint density at radius 3 is 2.20 bits per heavy atom. The van der Waals surface area contributed by atoms with E-state index in [9.17, 15) is 31.1 Å². The van der Waals surface area contributed by atoms with Crippen LogP contribution in [0.1, 0.15) is 34.8 Å². The molecule has 0 spiro atoms. The van der Waals surface area contributed by atoms with E-state index in [1.807, 2.05) is 0 Å². The zero-order chi connectivity index (χ0) is 22.3. The predicted molar refractivity (Wildman–Crippen MR) is 93.7 cm³/mol. The molecular formula is C18H15F6N5O. The van der Waals surface area contributed by atoms with Crippen LogP contribution in [0.2, 0.25) is 0 Å². The molecule has 0 unspecified atom stereocenters. The Morgan fingerprint density at radius 1 is 1.00 bits per heavy atom. The Kier molecular flexibility index (Phi) is 5.44. The number of aromatic nitrogens is 4. The van der Waals surface area contributed by atoms with Gasteiger partial charge in [-0.3, -0.25) is 4.79 Å². The van der Waals surface area contributed by atoms with Crippen molar-refractivity contribution >= 4 is 17.4 Å². The number of alkyl halides is 6. The Hall–Kier alpha value is -3.18. The maximum absolute atomic E-state index is 12.8. The number of hydrogen-bond donors (Lipinski definition) is 1. The lowest BCUT2D eigenvalue weighted by Crippen LogP contribution is -2.14. The van der Waals surface area contributed by atoms with Crippen LogP contribution in [0.15, 0.2) is 24.3 Å². The molecule has 0 saturated carbocycles. The summed E-state index contributed by atoms with van der Waals surface area (Å²) in [5, 5.41) is 5.91. The first kappa shape index (κ1) is 21.5.